The van der Waals surface area contributed by atoms with Crippen molar-refractivity contribution in [1.29, 1.82) is 0 Å². The Morgan fingerprint density at radius 2 is 1.86 bits per heavy atom. The molecule has 1 fully saturated rings. The standard InChI is InChI=1S/C7H10Cl2N4O/c1-5(2)6(3,7(5,8)9)13-4(14)10-11-12-13/h1-3H3,(H,10,12,14). The van der Waals surface area contributed by atoms with Gasteiger partial charge in [-0.1, -0.05) is 37.0 Å². The van der Waals surface area contributed by atoms with E-state index in [1.807, 2.05) is 13.8 Å². The average Bonchev–Trinajstić information content (AvgIpc) is 2.43. The Balaban J connectivity index is 2.59. The molecule has 1 aromatic rings. The van der Waals surface area contributed by atoms with Gasteiger partial charge in [-0.3, -0.25) is 0 Å². The number of aromatic nitrogens is 4. The lowest BCUT2D eigenvalue weighted by molar-refractivity contribution is 0.353. The van der Waals surface area contributed by atoms with Crippen molar-refractivity contribution >= 4 is 23.2 Å². The minimum atomic E-state index is -0.999. The summed E-state index contributed by atoms with van der Waals surface area (Å²) in [6.45, 7) is 5.55. The average molecular weight is 237 g/mol. The van der Waals surface area contributed by atoms with Crippen LogP contribution in [-0.4, -0.2) is 24.5 Å². The van der Waals surface area contributed by atoms with E-state index in [1.165, 1.54) is 4.68 Å². The van der Waals surface area contributed by atoms with Gasteiger partial charge in [0.15, 0.2) is 4.33 Å². The Kier molecular flexibility index (Phi) is 1.66. The molecule has 1 heterocycles. The van der Waals surface area contributed by atoms with Crippen LogP contribution in [0.5, 0.6) is 0 Å². The maximum Gasteiger partial charge on any atom is 0.361 e. The summed E-state index contributed by atoms with van der Waals surface area (Å²) in [5, 5.41) is 9.31. The van der Waals surface area contributed by atoms with Crippen molar-refractivity contribution in [1.82, 2.24) is 20.2 Å². The maximum absolute atomic E-state index is 11.3. The van der Waals surface area contributed by atoms with Crippen LogP contribution in [0.15, 0.2) is 4.79 Å². The van der Waals surface area contributed by atoms with E-state index in [0.29, 0.717) is 0 Å². The van der Waals surface area contributed by atoms with Crippen LogP contribution >= 0.6 is 23.2 Å². The summed E-state index contributed by atoms with van der Waals surface area (Å²) in [5.74, 6) is 0. The highest BCUT2D eigenvalue weighted by Gasteiger charge is 2.82. The van der Waals surface area contributed by atoms with Crippen LogP contribution < -0.4 is 5.69 Å². The normalized spacial score (nSPS) is 32.9. The number of hydrogen-bond donors (Lipinski definition) is 1. The number of H-pyrrole nitrogens is 1. The van der Waals surface area contributed by atoms with Gasteiger partial charge in [-0.05, 0) is 17.4 Å². The van der Waals surface area contributed by atoms with Crippen LogP contribution in [-0.2, 0) is 5.54 Å². The van der Waals surface area contributed by atoms with Crippen molar-refractivity contribution in [2.24, 2.45) is 5.41 Å². The molecule has 0 radical (unpaired) electrons. The highest BCUT2D eigenvalue weighted by Crippen LogP contribution is 2.74. The lowest BCUT2D eigenvalue weighted by atomic mass is 10.1. The van der Waals surface area contributed by atoms with E-state index in [2.05, 4.69) is 15.5 Å². The van der Waals surface area contributed by atoms with E-state index in [-0.39, 0.29) is 0 Å². The summed E-state index contributed by atoms with van der Waals surface area (Å²) < 4.78 is 0.202. The van der Waals surface area contributed by atoms with Crippen LogP contribution in [0.3, 0.4) is 0 Å². The van der Waals surface area contributed by atoms with E-state index >= 15 is 0 Å². The molecule has 1 N–H and O–H groups in total. The second-order valence-electron chi connectivity index (χ2n) is 4.19. The number of halogens is 2. The molecular formula is C7H10Cl2N4O. The van der Waals surface area contributed by atoms with Crippen LogP contribution in [0.25, 0.3) is 0 Å². The van der Waals surface area contributed by atoms with Crippen LogP contribution in [0, 0.1) is 5.41 Å². The van der Waals surface area contributed by atoms with Gasteiger partial charge in [0, 0.05) is 5.41 Å². The van der Waals surface area contributed by atoms with Crippen LogP contribution in [0.1, 0.15) is 20.8 Å². The molecule has 0 amide bonds. The Bertz CT molecular complexity index is 419. The van der Waals surface area contributed by atoms with Gasteiger partial charge in [0.05, 0.1) is 0 Å². The van der Waals surface area contributed by atoms with Gasteiger partial charge in [-0.25, -0.2) is 9.89 Å². The van der Waals surface area contributed by atoms with Crippen molar-refractivity contribution in [2.45, 2.75) is 30.6 Å². The smallest absolute Gasteiger partial charge is 0.244 e. The van der Waals surface area contributed by atoms with E-state index in [1.54, 1.807) is 6.92 Å². The molecule has 5 nitrogen and oxygen atoms in total. The van der Waals surface area contributed by atoms with Crippen LogP contribution in [0.2, 0.25) is 0 Å². The summed E-state index contributed by atoms with van der Waals surface area (Å²) in [6.07, 6.45) is 0. The Hall–Kier alpha value is -0.550. The Labute approximate surface area is 90.4 Å². The number of nitrogens with one attached hydrogen (secondary N) is 1. The lowest BCUT2D eigenvalue weighted by Gasteiger charge is -2.10. The predicted molar refractivity (Wildman–Crippen MR) is 52.5 cm³/mol. The van der Waals surface area contributed by atoms with E-state index in [9.17, 15) is 4.79 Å². The fourth-order valence-electron chi connectivity index (χ4n) is 1.84. The summed E-state index contributed by atoms with van der Waals surface area (Å²) in [6, 6.07) is 0. The number of aromatic amines is 1. The fourth-order valence-corrected chi connectivity index (χ4v) is 2.74. The largest absolute Gasteiger partial charge is 0.361 e. The first kappa shape index (κ1) is 9.98. The van der Waals surface area contributed by atoms with Gasteiger partial charge in [-0.15, -0.1) is 0 Å². The van der Waals surface area contributed by atoms with Crippen molar-refractivity contribution in [3.8, 4) is 0 Å². The number of alkyl halides is 2. The molecule has 78 valence electrons. The third-order valence-corrected chi connectivity index (χ3v) is 5.13. The third-order valence-electron chi connectivity index (χ3n) is 3.45. The first-order valence-electron chi connectivity index (χ1n) is 4.15. The summed E-state index contributed by atoms with van der Waals surface area (Å²) >= 11 is 12.3. The molecule has 7 heteroatoms. The zero-order chi connectivity index (χ0) is 10.8. The van der Waals surface area contributed by atoms with Gasteiger partial charge in [0.25, 0.3) is 0 Å². The van der Waals surface area contributed by atoms with Gasteiger partial charge in [0.2, 0.25) is 0 Å². The fraction of sp³-hybridized carbons (Fsp3) is 0.857. The maximum atomic E-state index is 11.3. The summed E-state index contributed by atoms with van der Waals surface area (Å²) in [4.78, 5) is 11.3. The van der Waals surface area contributed by atoms with Crippen LogP contribution in [0.4, 0.5) is 0 Å². The highest BCUT2D eigenvalue weighted by atomic mass is 35.5. The Morgan fingerprint density at radius 3 is 2.14 bits per heavy atom. The van der Waals surface area contributed by atoms with E-state index < -0.39 is 21.0 Å². The molecular weight excluding hydrogens is 227 g/mol. The van der Waals surface area contributed by atoms with E-state index in [4.69, 9.17) is 23.2 Å². The highest BCUT2D eigenvalue weighted by molar-refractivity contribution is 6.52. The molecule has 0 spiro atoms. The number of hydrogen-bond acceptors (Lipinski definition) is 3. The third kappa shape index (κ3) is 0.764. The SMILES string of the molecule is CC1(C)C(Cl)(Cl)C1(C)n1nn[nH]c1=O. The van der Waals surface area contributed by atoms with Gasteiger partial charge in [-0.2, -0.15) is 4.68 Å². The molecule has 0 bridgehead atoms. The predicted octanol–water partition coefficient (Wildman–Crippen LogP) is 0.895. The monoisotopic (exact) mass is 236 g/mol. The second-order valence-corrected chi connectivity index (χ2v) is 5.52. The van der Waals surface area contributed by atoms with Crippen molar-refractivity contribution in [3.63, 3.8) is 0 Å². The molecule has 0 saturated heterocycles. The molecule has 1 aliphatic carbocycles. The van der Waals surface area contributed by atoms with Crippen molar-refractivity contribution in [3.05, 3.63) is 10.5 Å². The first-order chi connectivity index (χ1) is 6.27. The topological polar surface area (TPSA) is 63.6 Å². The summed E-state index contributed by atoms with van der Waals surface area (Å²) in [5.41, 5.74) is -1.53. The minimum absolute atomic E-state index is 0.399. The number of tetrazole rings is 1. The minimum Gasteiger partial charge on any atom is -0.244 e. The lowest BCUT2D eigenvalue weighted by Crippen LogP contribution is -2.32. The zero-order valence-corrected chi connectivity index (χ0v) is 9.52. The molecule has 1 aromatic heterocycles. The van der Waals surface area contributed by atoms with Gasteiger partial charge in [0.1, 0.15) is 5.54 Å². The van der Waals surface area contributed by atoms with Crippen molar-refractivity contribution < 1.29 is 0 Å². The van der Waals surface area contributed by atoms with Gasteiger partial charge >= 0.3 is 5.69 Å². The van der Waals surface area contributed by atoms with Crippen molar-refractivity contribution in [2.75, 3.05) is 0 Å². The molecule has 1 saturated carbocycles. The molecule has 0 aliphatic heterocycles. The molecule has 14 heavy (non-hydrogen) atoms. The molecule has 0 aromatic carbocycles. The molecule has 1 unspecified atom stereocenters. The quantitative estimate of drug-likeness (QED) is 0.738. The van der Waals surface area contributed by atoms with E-state index in [0.717, 1.165) is 0 Å². The second kappa shape index (κ2) is 2.33. The Morgan fingerprint density at radius 1 is 1.36 bits per heavy atom. The first-order valence-corrected chi connectivity index (χ1v) is 4.91. The summed E-state index contributed by atoms with van der Waals surface area (Å²) in [7, 11) is 0. The molecule has 1 atom stereocenters. The van der Waals surface area contributed by atoms with Gasteiger partial charge < -0.3 is 0 Å². The number of nitrogens with zero attached hydrogens (tertiary/aromatic N) is 3. The molecule has 1 aliphatic rings. The number of rotatable bonds is 1. The zero-order valence-electron chi connectivity index (χ0n) is 8.01. The molecule has 2 rings (SSSR count).